The zero-order valence-corrected chi connectivity index (χ0v) is 15.3. The summed E-state index contributed by atoms with van der Waals surface area (Å²) in [4.78, 5) is 16.7. The summed E-state index contributed by atoms with van der Waals surface area (Å²) in [6.07, 6.45) is 2.66. The Morgan fingerprint density at radius 1 is 1.12 bits per heavy atom. The van der Waals surface area contributed by atoms with Crippen LogP contribution in [0.3, 0.4) is 0 Å². The van der Waals surface area contributed by atoms with E-state index in [0.717, 1.165) is 44.6 Å². The maximum atomic E-state index is 12.6. The van der Waals surface area contributed by atoms with Gasteiger partial charge in [0.15, 0.2) is 0 Å². The molecular weight excluding hydrogens is 312 g/mol. The van der Waals surface area contributed by atoms with E-state index in [1.165, 1.54) is 10.8 Å². The Morgan fingerprint density at radius 3 is 2.56 bits per heavy atom. The maximum absolute atomic E-state index is 12.6. The van der Waals surface area contributed by atoms with Gasteiger partial charge in [-0.25, -0.2) is 0 Å². The molecule has 1 saturated heterocycles. The molecule has 1 aliphatic rings. The van der Waals surface area contributed by atoms with Gasteiger partial charge in [-0.15, -0.1) is 0 Å². The molecule has 4 nitrogen and oxygen atoms in total. The molecule has 4 heteroatoms. The van der Waals surface area contributed by atoms with Gasteiger partial charge >= 0.3 is 0 Å². The number of rotatable bonds is 6. The monoisotopic (exact) mass is 340 g/mol. The number of nitrogens with zero attached hydrogens (tertiary/aromatic N) is 2. The summed E-state index contributed by atoms with van der Waals surface area (Å²) in [5.41, 5.74) is 1.09. The number of amides is 1. The molecule has 0 atom stereocenters. The third-order valence-electron chi connectivity index (χ3n) is 4.86. The van der Waals surface area contributed by atoms with Crippen LogP contribution in [0.1, 0.15) is 18.4 Å². The molecule has 0 unspecified atom stereocenters. The fourth-order valence-electron chi connectivity index (χ4n) is 3.31. The Morgan fingerprint density at radius 2 is 1.84 bits per heavy atom. The first-order valence-corrected chi connectivity index (χ1v) is 9.13. The maximum Gasteiger partial charge on any atom is 0.226 e. The lowest BCUT2D eigenvalue weighted by molar-refractivity contribution is -0.133. The van der Waals surface area contributed by atoms with Gasteiger partial charge in [-0.3, -0.25) is 4.79 Å². The molecule has 0 radical (unpaired) electrons. The van der Waals surface area contributed by atoms with Crippen LogP contribution in [0.25, 0.3) is 10.8 Å². The molecule has 2 aromatic rings. The van der Waals surface area contributed by atoms with Crippen molar-refractivity contribution in [1.29, 1.82) is 0 Å². The van der Waals surface area contributed by atoms with Gasteiger partial charge in [0.25, 0.3) is 0 Å². The van der Waals surface area contributed by atoms with E-state index in [0.29, 0.717) is 12.5 Å². The summed E-state index contributed by atoms with van der Waals surface area (Å²) in [5.74, 6) is 0.224. The van der Waals surface area contributed by atoms with Gasteiger partial charge in [-0.05, 0) is 43.3 Å². The Labute approximate surface area is 150 Å². The second-order valence-electron chi connectivity index (χ2n) is 7.11. The van der Waals surface area contributed by atoms with Crippen molar-refractivity contribution >= 4 is 16.7 Å². The first-order chi connectivity index (χ1) is 12.1. The summed E-state index contributed by atoms with van der Waals surface area (Å²) in [5, 5.41) is 2.41. The minimum atomic E-state index is 0.224. The molecule has 1 fully saturated rings. The van der Waals surface area contributed by atoms with E-state index < -0.39 is 0 Å². The highest BCUT2D eigenvalue weighted by molar-refractivity contribution is 5.85. The largest absolute Gasteiger partial charge is 0.377 e. The Hall–Kier alpha value is -1.91. The zero-order valence-electron chi connectivity index (χ0n) is 15.3. The number of hydrogen-bond donors (Lipinski definition) is 0. The molecule has 0 aromatic heterocycles. The van der Waals surface area contributed by atoms with Crippen LogP contribution >= 0.6 is 0 Å². The Balaban J connectivity index is 1.49. The molecule has 0 spiro atoms. The first kappa shape index (κ1) is 17.9. The molecule has 1 aliphatic heterocycles. The highest BCUT2D eigenvalue weighted by Gasteiger charge is 2.23. The van der Waals surface area contributed by atoms with Crippen LogP contribution in [-0.2, 0) is 16.0 Å². The van der Waals surface area contributed by atoms with E-state index >= 15 is 0 Å². The molecule has 1 heterocycles. The van der Waals surface area contributed by atoms with Crippen molar-refractivity contribution in [3.8, 4) is 0 Å². The molecule has 134 valence electrons. The lowest BCUT2D eigenvalue weighted by atomic mass is 10.0. The topological polar surface area (TPSA) is 32.8 Å². The number of likely N-dealkylation sites (tertiary alicyclic amines) is 1. The van der Waals surface area contributed by atoms with Crippen molar-refractivity contribution < 1.29 is 9.53 Å². The van der Waals surface area contributed by atoms with Crippen molar-refractivity contribution in [2.45, 2.75) is 25.4 Å². The fraction of sp³-hybridized carbons (Fsp3) is 0.476. The third-order valence-corrected chi connectivity index (χ3v) is 4.86. The minimum absolute atomic E-state index is 0.224. The van der Waals surface area contributed by atoms with Gasteiger partial charge in [-0.1, -0.05) is 42.5 Å². The quantitative estimate of drug-likeness (QED) is 0.810. The van der Waals surface area contributed by atoms with Crippen LogP contribution < -0.4 is 0 Å². The van der Waals surface area contributed by atoms with E-state index in [1.807, 2.05) is 17.0 Å². The summed E-state index contributed by atoms with van der Waals surface area (Å²) in [6, 6.07) is 14.6. The van der Waals surface area contributed by atoms with E-state index in [-0.39, 0.29) is 5.91 Å². The van der Waals surface area contributed by atoms with Gasteiger partial charge < -0.3 is 14.5 Å². The molecule has 0 saturated carbocycles. The summed E-state index contributed by atoms with van der Waals surface area (Å²) < 4.78 is 5.91. The summed E-state index contributed by atoms with van der Waals surface area (Å²) >= 11 is 0. The average Bonchev–Trinajstić information content (AvgIpc) is 2.62. The fourth-order valence-corrected chi connectivity index (χ4v) is 3.31. The van der Waals surface area contributed by atoms with Gasteiger partial charge in [0.2, 0.25) is 5.91 Å². The number of ether oxygens (including phenoxy) is 1. The van der Waals surface area contributed by atoms with Crippen LogP contribution in [0, 0.1) is 0 Å². The number of hydrogen-bond acceptors (Lipinski definition) is 3. The van der Waals surface area contributed by atoms with E-state index in [9.17, 15) is 4.79 Å². The average molecular weight is 340 g/mol. The van der Waals surface area contributed by atoms with E-state index in [1.54, 1.807) is 0 Å². The molecule has 0 aliphatic carbocycles. The molecule has 3 rings (SSSR count). The summed E-state index contributed by atoms with van der Waals surface area (Å²) in [7, 11) is 4.11. The molecule has 2 aromatic carbocycles. The number of benzene rings is 2. The second-order valence-corrected chi connectivity index (χ2v) is 7.11. The predicted octanol–water partition coefficient (Wildman–Crippen LogP) is 2.95. The van der Waals surface area contributed by atoms with Crippen molar-refractivity contribution in [3.05, 3.63) is 48.0 Å². The lowest BCUT2D eigenvalue weighted by Crippen LogP contribution is -2.42. The number of carbonyl (C=O) groups is 1. The number of likely N-dealkylation sites (N-methyl/N-ethyl adjacent to an activating group) is 1. The van der Waals surface area contributed by atoms with E-state index in [2.05, 4.69) is 49.3 Å². The lowest BCUT2D eigenvalue weighted by Gasteiger charge is -2.32. The van der Waals surface area contributed by atoms with E-state index in [4.69, 9.17) is 4.74 Å². The van der Waals surface area contributed by atoms with Gasteiger partial charge in [0, 0.05) is 19.6 Å². The van der Waals surface area contributed by atoms with Crippen molar-refractivity contribution in [2.24, 2.45) is 0 Å². The number of piperidine rings is 1. The third kappa shape index (κ3) is 5.03. The van der Waals surface area contributed by atoms with Crippen LogP contribution in [0.15, 0.2) is 42.5 Å². The molecule has 25 heavy (non-hydrogen) atoms. The van der Waals surface area contributed by atoms with Crippen molar-refractivity contribution in [3.63, 3.8) is 0 Å². The summed E-state index contributed by atoms with van der Waals surface area (Å²) in [6.45, 7) is 3.32. The number of fused-ring (bicyclic) bond motifs is 1. The highest BCUT2D eigenvalue weighted by atomic mass is 16.5. The minimum Gasteiger partial charge on any atom is -0.377 e. The van der Waals surface area contributed by atoms with Crippen LogP contribution in [0.2, 0.25) is 0 Å². The first-order valence-electron chi connectivity index (χ1n) is 9.13. The van der Waals surface area contributed by atoms with Gasteiger partial charge in [0.1, 0.15) is 0 Å². The molecular formula is C21H28N2O2. The van der Waals surface area contributed by atoms with Crippen LogP contribution in [-0.4, -0.2) is 62.1 Å². The normalized spacial score (nSPS) is 15.9. The smallest absolute Gasteiger partial charge is 0.226 e. The van der Waals surface area contributed by atoms with Crippen molar-refractivity contribution in [2.75, 3.05) is 40.3 Å². The van der Waals surface area contributed by atoms with Crippen LogP contribution in [0.5, 0.6) is 0 Å². The Kier molecular flexibility index (Phi) is 6.05. The predicted molar refractivity (Wildman–Crippen MR) is 102 cm³/mol. The standard InChI is InChI=1S/C21H28N2O2/c1-22(2)13-14-25-20-9-11-23(12-10-20)21(24)16-17-7-8-18-5-3-4-6-19(18)15-17/h3-8,15,20H,9-14,16H2,1-2H3. The van der Waals surface area contributed by atoms with Crippen LogP contribution in [0.4, 0.5) is 0 Å². The molecule has 0 bridgehead atoms. The SMILES string of the molecule is CN(C)CCOC1CCN(C(=O)Cc2ccc3ccccc3c2)CC1. The number of carbonyl (C=O) groups excluding carboxylic acids is 1. The van der Waals surface area contributed by atoms with Crippen molar-refractivity contribution in [1.82, 2.24) is 9.80 Å². The molecule has 0 N–H and O–H groups in total. The second kappa shape index (κ2) is 8.45. The van der Waals surface area contributed by atoms with Gasteiger partial charge in [0.05, 0.1) is 19.1 Å². The Bertz CT molecular complexity index is 706. The zero-order chi connectivity index (χ0) is 17.6. The highest BCUT2D eigenvalue weighted by Crippen LogP contribution is 2.18. The van der Waals surface area contributed by atoms with Gasteiger partial charge in [-0.2, -0.15) is 0 Å². The molecule has 1 amide bonds.